The summed E-state index contributed by atoms with van der Waals surface area (Å²) in [6.45, 7) is 6.37. The van der Waals surface area contributed by atoms with Crippen LogP contribution in [0.1, 0.15) is 52.4 Å². The fraction of sp³-hybridized carbons (Fsp3) is 0.929. The molecule has 4 nitrogen and oxygen atoms in total. The lowest BCUT2D eigenvalue weighted by Gasteiger charge is -2.25. The van der Waals surface area contributed by atoms with Crippen molar-refractivity contribution in [2.45, 2.75) is 57.9 Å². The van der Waals surface area contributed by atoms with E-state index in [4.69, 9.17) is 5.73 Å². The van der Waals surface area contributed by atoms with Gasteiger partial charge < -0.3 is 16.0 Å². The summed E-state index contributed by atoms with van der Waals surface area (Å²) in [7, 11) is 3.96. The van der Waals surface area contributed by atoms with Crippen molar-refractivity contribution in [1.82, 2.24) is 10.2 Å². The topological polar surface area (TPSA) is 58.4 Å². The summed E-state index contributed by atoms with van der Waals surface area (Å²) in [5.41, 5.74) is 4.84. The van der Waals surface area contributed by atoms with Gasteiger partial charge in [0.1, 0.15) is 0 Å². The number of hydrogen-bond acceptors (Lipinski definition) is 3. The predicted octanol–water partition coefficient (Wildman–Crippen LogP) is 1.74. The van der Waals surface area contributed by atoms with E-state index in [1.165, 1.54) is 25.8 Å². The lowest BCUT2D eigenvalue weighted by molar-refractivity contribution is -0.123. The minimum absolute atomic E-state index is 0.263. The van der Waals surface area contributed by atoms with E-state index in [1.807, 2.05) is 6.92 Å². The quantitative estimate of drug-likeness (QED) is 0.554. The van der Waals surface area contributed by atoms with Gasteiger partial charge in [-0.15, -0.1) is 0 Å². The Hall–Kier alpha value is -0.610. The maximum Gasteiger partial charge on any atom is 0.237 e. The molecule has 1 amide bonds. The number of hydrogen-bond donors (Lipinski definition) is 2. The smallest absolute Gasteiger partial charge is 0.237 e. The van der Waals surface area contributed by atoms with E-state index in [2.05, 4.69) is 24.2 Å². The first-order valence-corrected chi connectivity index (χ1v) is 7.13. The molecule has 18 heavy (non-hydrogen) atoms. The van der Waals surface area contributed by atoms with Crippen molar-refractivity contribution in [1.29, 1.82) is 0 Å². The van der Waals surface area contributed by atoms with Crippen LogP contribution in [-0.4, -0.2) is 43.5 Å². The van der Waals surface area contributed by atoms with E-state index in [0.717, 1.165) is 25.8 Å². The number of unbranched alkanes of at least 4 members (excludes halogenated alkanes) is 3. The van der Waals surface area contributed by atoms with Crippen molar-refractivity contribution in [2.75, 3.05) is 27.2 Å². The van der Waals surface area contributed by atoms with E-state index in [0.29, 0.717) is 0 Å². The van der Waals surface area contributed by atoms with E-state index in [-0.39, 0.29) is 5.91 Å². The average Bonchev–Trinajstić information content (AvgIpc) is 2.34. The van der Waals surface area contributed by atoms with Gasteiger partial charge >= 0.3 is 0 Å². The maximum atomic E-state index is 11.3. The Bertz CT molecular complexity index is 233. The molecule has 1 atom stereocenters. The molecule has 0 bridgehead atoms. The number of nitrogens with one attached hydrogen (secondary N) is 1. The van der Waals surface area contributed by atoms with Gasteiger partial charge in [0.2, 0.25) is 5.91 Å². The minimum atomic E-state index is -0.555. The highest BCUT2D eigenvalue weighted by molar-refractivity contribution is 5.84. The summed E-state index contributed by atoms with van der Waals surface area (Å²) >= 11 is 0. The molecular formula is C14H31N3O. The Morgan fingerprint density at radius 2 is 1.78 bits per heavy atom. The van der Waals surface area contributed by atoms with Crippen molar-refractivity contribution in [2.24, 2.45) is 5.73 Å². The summed E-state index contributed by atoms with van der Waals surface area (Å²) in [6, 6.07) is 0. The van der Waals surface area contributed by atoms with Crippen LogP contribution in [0.25, 0.3) is 0 Å². The standard InChI is InChI=1S/C14H31N3O/c1-5-6-8-11-17(4)12-9-7-10-14(2,16-3)13(15)18/h16H,5-12H2,1-4H3,(H2,15,18). The molecule has 0 saturated heterocycles. The number of primary amides is 1. The molecule has 0 spiro atoms. The zero-order valence-electron chi connectivity index (χ0n) is 12.6. The number of likely N-dealkylation sites (N-methyl/N-ethyl adjacent to an activating group) is 1. The molecule has 1 unspecified atom stereocenters. The molecule has 108 valence electrons. The van der Waals surface area contributed by atoms with Gasteiger partial charge in [-0.2, -0.15) is 0 Å². The highest BCUT2D eigenvalue weighted by Gasteiger charge is 2.27. The van der Waals surface area contributed by atoms with Crippen LogP contribution in [0.3, 0.4) is 0 Å². The van der Waals surface area contributed by atoms with Crippen LogP contribution in [0.2, 0.25) is 0 Å². The number of nitrogens with zero attached hydrogens (tertiary/aromatic N) is 1. The van der Waals surface area contributed by atoms with Gasteiger partial charge in [0, 0.05) is 0 Å². The average molecular weight is 257 g/mol. The first kappa shape index (κ1) is 17.4. The number of carbonyl (C=O) groups excluding carboxylic acids is 1. The van der Waals surface area contributed by atoms with Gasteiger partial charge in [-0.05, 0) is 59.8 Å². The molecule has 0 aliphatic heterocycles. The molecule has 0 aromatic carbocycles. The number of rotatable bonds is 11. The fourth-order valence-electron chi connectivity index (χ4n) is 1.98. The van der Waals surface area contributed by atoms with Crippen molar-refractivity contribution >= 4 is 5.91 Å². The molecule has 3 N–H and O–H groups in total. The van der Waals surface area contributed by atoms with E-state index in [1.54, 1.807) is 7.05 Å². The van der Waals surface area contributed by atoms with Crippen LogP contribution in [-0.2, 0) is 4.79 Å². The fourth-order valence-corrected chi connectivity index (χ4v) is 1.98. The highest BCUT2D eigenvalue weighted by atomic mass is 16.1. The largest absolute Gasteiger partial charge is 0.368 e. The molecular weight excluding hydrogens is 226 g/mol. The molecule has 0 rings (SSSR count). The number of amides is 1. The van der Waals surface area contributed by atoms with Crippen molar-refractivity contribution < 1.29 is 4.79 Å². The summed E-state index contributed by atoms with van der Waals surface area (Å²) in [4.78, 5) is 13.7. The summed E-state index contributed by atoms with van der Waals surface area (Å²) in [6.07, 6.45) is 6.81. The van der Waals surface area contributed by atoms with Crippen LogP contribution in [0.15, 0.2) is 0 Å². The van der Waals surface area contributed by atoms with Gasteiger partial charge in [0.15, 0.2) is 0 Å². The summed E-state index contributed by atoms with van der Waals surface area (Å²) < 4.78 is 0. The third kappa shape index (κ3) is 6.97. The third-order valence-electron chi connectivity index (χ3n) is 3.71. The van der Waals surface area contributed by atoms with Gasteiger partial charge in [-0.1, -0.05) is 19.8 Å². The van der Waals surface area contributed by atoms with Crippen LogP contribution in [0, 0.1) is 0 Å². The molecule has 0 fully saturated rings. The minimum Gasteiger partial charge on any atom is -0.368 e. The Morgan fingerprint density at radius 3 is 2.22 bits per heavy atom. The summed E-state index contributed by atoms with van der Waals surface area (Å²) in [5.74, 6) is -0.263. The Kier molecular flexibility index (Phi) is 9.02. The Balaban J connectivity index is 3.69. The second-order valence-corrected chi connectivity index (χ2v) is 5.41. The second kappa shape index (κ2) is 9.34. The summed E-state index contributed by atoms with van der Waals surface area (Å²) in [5, 5.41) is 3.02. The first-order chi connectivity index (χ1) is 8.46. The van der Waals surface area contributed by atoms with E-state index < -0.39 is 5.54 Å². The van der Waals surface area contributed by atoms with Gasteiger partial charge in [0.25, 0.3) is 0 Å². The van der Waals surface area contributed by atoms with Gasteiger partial charge in [-0.3, -0.25) is 4.79 Å². The third-order valence-corrected chi connectivity index (χ3v) is 3.71. The zero-order chi connectivity index (χ0) is 14.0. The van der Waals surface area contributed by atoms with Gasteiger partial charge in [0.05, 0.1) is 5.54 Å². The molecule has 0 aliphatic rings. The van der Waals surface area contributed by atoms with Crippen molar-refractivity contribution in [3.63, 3.8) is 0 Å². The van der Waals surface area contributed by atoms with Gasteiger partial charge in [-0.25, -0.2) is 0 Å². The monoisotopic (exact) mass is 257 g/mol. The van der Waals surface area contributed by atoms with Crippen LogP contribution in [0.4, 0.5) is 0 Å². The number of carbonyl (C=O) groups is 1. The molecule has 4 heteroatoms. The van der Waals surface area contributed by atoms with Crippen molar-refractivity contribution in [3.8, 4) is 0 Å². The maximum absolute atomic E-state index is 11.3. The highest BCUT2D eigenvalue weighted by Crippen LogP contribution is 2.13. The van der Waals surface area contributed by atoms with Crippen LogP contribution in [0.5, 0.6) is 0 Å². The molecule has 0 saturated carbocycles. The Morgan fingerprint density at radius 1 is 1.22 bits per heavy atom. The lowest BCUT2D eigenvalue weighted by Crippen LogP contribution is -2.51. The SMILES string of the molecule is CCCCCN(C)CCCCC(C)(NC)C(N)=O. The van der Waals surface area contributed by atoms with E-state index in [9.17, 15) is 4.79 Å². The lowest BCUT2D eigenvalue weighted by atomic mass is 9.94. The molecule has 0 heterocycles. The predicted molar refractivity (Wildman–Crippen MR) is 77.5 cm³/mol. The first-order valence-electron chi connectivity index (χ1n) is 7.13. The molecule has 0 aliphatic carbocycles. The molecule has 0 aromatic rings. The van der Waals surface area contributed by atoms with Crippen LogP contribution >= 0.6 is 0 Å². The van der Waals surface area contributed by atoms with Crippen LogP contribution < -0.4 is 11.1 Å². The van der Waals surface area contributed by atoms with E-state index >= 15 is 0 Å². The normalized spacial score (nSPS) is 14.7. The molecule has 0 aromatic heterocycles. The van der Waals surface area contributed by atoms with Crippen molar-refractivity contribution in [3.05, 3.63) is 0 Å². The zero-order valence-corrected chi connectivity index (χ0v) is 12.6. The Labute approximate surface area is 112 Å². The second-order valence-electron chi connectivity index (χ2n) is 5.41. The molecule has 0 radical (unpaired) electrons. The number of nitrogens with two attached hydrogens (primary N) is 1.